The second-order valence-corrected chi connectivity index (χ2v) is 6.25. The van der Waals surface area contributed by atoms with Crippen molar-refractivity contribution in [2.45, 2.75) is 18.4 Å². The molecule has 0 radical (unpaired) electrons. The maximum Gasteiger partial charge on any atom is 0.244 e. The zero-order valence-electron chi connectivity index (χ0n) is 12.6. The third-order valence-electron chi connectivity index (χ3n) is 3.08. The predicted octanol–water partition coefficient (Wildman–Crippen LogP) is 2.57. The molecule has 0 spiro atoms. The van der Waals surface area contributed by atoms with Crippen LogP contribution in [0.2, 0.25) is 0 Å². The highest BCUT2D eigenvalue weighted by atomic mass is 32.2. The van der Waals surface area contributed by atoms with Crippen molar-refractivity contribution in [1.29, 1.82) is 0 Å². The molecule has 0 saturated carbocycles. The van der Waals surface area contributed by atoms with Gasteiger partial charge in [-0.3, -0.25) is 0 Å². The van der Waals surface area contributed by atoms with Gasteiger partial charge in [-0.1, -0.05) is 30.3 Å². The molecule has 0 aromatic heterocycles. The molecule has 0 fully saturated rings. The minimum atomic E-state index is -3.66. The quantitative estimate of drug-likeness (QED) is 0.851. The maximum atomic E-state index is 12.4. The van der Waals surface area contributed by atoms with Gasteiger partial charge in [-0.25, -0.2) is 13.1 Å². The van der Waals surface area contributed by atoms with Crippen molar-refractivity contribution in [3.05, 3.63) is 54.1 Å². The minimum Gasteiger partial charge on any atom is -0.495 e. The fraction of sp³-hybridized carbons (Fsp3) is 0.250. The van der Waals surface area contributed by atoms with Crippen LogP contribution in [0, 0.1) is 0 Å². The van der Waals surface area contributed by atoms with Crippen LogP contribution in [0.4, 0.5) is 0 Å². The van der Waals surface area contributed by atoms with E-state index in [0.29, 0.717) is 18.1 Å². The molecule has 2 aromatic rings. The lowest BCUT2D eigenvalue weighted by molar-refractivity contribution is 0.336. The molecule has 0 aliphatic rings. The van der Waals surface area contributed by atoms with Gasteiger partial charge >= 0.3 is 0 Å². The molecular formula is C16H19NO4S. The number of methoxy groups -OCH3 is 1. The van der Waals surface area contributed by atoms with E-state index < -0.39 is 10.0 Å². The highest BCUT2D eigenvalue weighted by Gasteiger charge is 2.19. The van der Waals surface area contributed by atoms with E-state index in [0.717, 1.165) is 5.56 Å². The predicted molar refractivity (Wildman–Crippen MR) is 84.6 cm³/mol. The summed E-state index contributed by atoms with van der Waals surface area (Å²) in [5.74, 6) is 0.987. The standard InChI is InChI=1S/C16H19NO4S/c1-3-21-14-9-5-4-8-13(14)12-17-22(18,19)16-11-7-6-10-15(16)20-2/h4-11,17H,3,12H2,1-2H3. The molecule has 118 valence electrons. The van der Waals surface area contributed by atoms with E-state index in [4.69, 9.17) is 9.47 Å². The molecule has 0 aliphatic carbocycles. The summed E-state index contributed by atoms with van der Waals surface area (Å²) in [5, 5.41) is 0. The molecular weight excluding hydrogens is 302 g/mol. The molecule has 0 saturated heterocycles. The van der Waals surface area contributed by atoms with Gasteiger partial charge in [-0.2, -0.15) is 0 Å². The Balaban J connectivity index is 2.20. The molecule has 2 rings (SSSR count). The summed E-state index contributed by atoms with van der Waals surface area (Å²) in [7, 11) is -2.22. The van der Waals surface area contributed by atoms with Crippen LogP contribution in [0.3, 0.4) is 0 Å². The van der Waals surface area contributed by atoms with Gasteiger partial charge in [0.25, 0.3) is 0 Å². The normalized spacial score (nSPS) is 11.2. The summed E-state index contributed by atoms with van der Waals surface area (Å²) in [6.45, 7) is 2.56. The summed E-state index contributed by atoms with van der Waals surface area (Å²) >= 11 is 0. The molecule has 0 atom stereocenters. The lowest BCUT2D eigenvalue weighted by Gasteiger charge is -2.13. The van der Waals surface area contributed by atoms with Crippen molar-refractivity contribution in [3.8, 4) is 11.5 Å². The van der Waals surface area contributed by atoms with Crippen molar-refractivity contribution >= 4 is 10.0 Å². The van der Waals surface area contributed by atoms with Crippen LogP contribution in [0.15, 0.2) is 53.4 Å². The Labute approximate surface area is 130 Å². The Hall–Kier alpha value is -2.05. The number of para-hydroxylation sites is 2. The number of sulfonamides is 1. The largest absolute Gasteiger partial charge is 0.495 e. The van der Waals surface area contributed by atoms with E-state index in [1.54, 1.807) is 18.2 Å². The maximum absolute atomic E-state index is 12.4. The van der Waals surface area contributed by atoms with Crippen LogP contribution in [0.25, 0.3) is 0 Å². The zero-order valence-corrected chi connectivity index (χ0v) is 13.4. The Kier molecular flexibility index (Phi) is 5.41. The number of ether oxygens (including phenoxy) is 2. The molecule has 2 aromatic carbocycles. The van der Waals surface area contributed by atoms with Crippen LogP contribution in [-0.2, 0) is 16.6 Å². The molecule has 0 unspecified atom stereocenters. The molecule has 1 N–H and O–H groups in total. The van der Waals surface area contributed by atoms with E-state index in [1.807, 2.05) is 31.2 Å². The SMILES string of the molecule is CCOc1ccccc1CNS(=O)(=O)c1ccccc1OC. The van der Waals surface area contributed by atoms with Gasteiger partial charge in [-0.15, -0.1) is 0 Å². The molecule has 6 heteroatoms. The number of hydrogen-bond acceptors (Lipinski definition) is 4. The first-order valence-corrected chi connectivity index (χ1v) is 8.40. The van der Waals surface area contributed by atoms with Crippen LogP contribution < -0.4 is 14.2 Å². The first kappa shape index (κ1) is 16.3. The van der Waals surface area contributed by atoms with Crippen molar-refractivity contribution < 1.29 is 17.9 Å². The van der Waals surface area contributed by atoms with Gasteiger partial charge in [-0.05, 0) is 25.1 Å². The van der Waals surface area contributed by atoms with Gasteiger partial charge in [0, 0.05) is 12.1 Å². The van der Waals surface area contributed by atoms with E-state index in [2.05, 4.69) is 4.72 Å². The van der Waals surface area contributed by atoms with Crippen molar-refractivity contribution in [2.24, 2.45) is 0 Å². The fourth-order valence-corrected chi connectivity index (χ4v) is 3.21. The summed E-state index contributed by atoms with van der Waals surface area (Å²) in [5.41, 5.74) is 0.780. The molecule has 0 bridgehead atoms. The first-order chi connectivity index (χ1) is 10.6. The minimum absolute atomic E-state index is 0.117. The zero-order chi connectivity index (χ0) is 16.0. The van der Waals surface area contributed by atoms with Gasteiger partial charge in [0.15, 0.2) is 0 Å². The van der Waals surface area contributed by atoms with Crippen molar-refractivity contribution in [2.75, 3.05) is 13.7 Å². The third kappa shape index (κ3) is 3.78. The summed E-state index contributed by atoms with van der Waals surface area (Å²) in [6.07, 6.45) is 0. The van der Waals surface area contributed by atoms with E-state index in [1.165, 1.54) is 13.2 Å². The number of benzene rings is 2. The molecule has 22 heavy (non-hydrogen) atoms. The Bertz CT molecular complexity index is 728. The summed E-state index contributed by atoms with van der Waals surface area (Å²) in [6, 6.07) is 13.8. The van der Waals surface area contributed by atoms with Gasteiger partial charge in [0.2, 0.25) is 10.0 Å². The highest BCUT2D eigenvalue weighted by molar-refractivity contribution is 7.89. The third-order valence-corrected chi connectivity index (χ3v) is 4.52. The second kappa shape index (κ2) is 7.29. The smallest absolute Gasteiger partial charge is 0.244 e. The van der Waals surface area contributed by atoms with Gasteiger partial charge in [0.05, 0.1) is 13.7 Å². The Morgan fingerprint density at radius 1 is 1.00 bits per heavy atom. The monoisotopic (exact) mass is 321 g/mol. The highest BCUT2D eigenvalue weighted by Crippen LogP contribution is 2.24. The molecule has 0 aliphatic heterocycles. The van der Waals surface area contributed by atoms with Gasteiger partial charge in [0.1, 0.15) is 16.4 Å². The Morgan fingerprint density at radius 3 is 2.32 bits per heavy atom. The van der Waals surface area contributed by atoms with Crippen LogP contribution >= 0.6 is 0 Å². The number of rotatable bonds is 7. The first-order valence-electron chi connectivity index (χ1n) is 6.92. The number of hydrogen-bond donors (Lipinski definition) is 1. The topological polar surface area (TPSA) is 64.6 Å². The second-order valence-electron chi connectivity index (χ2n) is 4.52. The molecule has 0 heterocycles. The van der Waals surface area contributed by atoms with Crippen molar-refractivity contribution in [3.63, 3.8) is 0 Å². The average molecular weight is 321 g/mol. The summed E-state index contributed by atoms with van der Waals surface area (Å²) < 4.78 is 38.0. The van der Waals surface area contributed by atoms with E-state index in [9.17, 15) is 8.42 Å². The van der Waals surface area contributed by atoms with E-state index >= 15 is 0 Å². The lowest BCUT2D eigenvalue weighted by Crippen LogP contribution is -2.24. The molecule has 5 nitrogen and oxygen atoms in total. The van der Waals surface area contributed by atoms with Crippen LogP contribution in [0.5, 0.6) is 11.5 Å². The van der Waals surface area contributed by atoms with Crippen molar-refractivity contribution in [1.82, 2.24) is 4.72 Å². The average Bonchev–Trinajstić information content (AvgIpc) is 2.54. The van der Waals surface area contributed by atoms with Crippen LogP contribution in [-0.4, -0.2) is 22.1 Å². The van der Waals surface area contributed by atoms with Crippen LogP contribution in [0.1, 0.15) is 12.5 Å². The van der Waals surface area contributed by atoms with Gasteiger partial charge < -0.3 is 9.47 Å². The summed E-state index contributed by atoms with van der Waals surface area (Å²) in [4.78, 5) is 0.117. The lowest BCUT2D eigenvalue weighted by atomic mass is 10.2. The van der Waals surface area contributed by atoms with E-state index in [-0.39, 0.29) is 11.4 Å². The number of nitrogens with one attached hydrogen (secondary N) is 1. The Morgan fingerprint density at radius 2 is 1.64 bits per heavy atom. The molecule has 0 amide bonds. The fourth-order valence-electron chi connectivity index (χ4n) is 2.04.